The Bertz CT molecular complexity index is 1240. The second kappa shape index (κ2) is 8.88. The molecule has 4 rings (SSSR count). The summed E-state index contributed by atoms with van der Waals surface area (Å²) in [4.78, 5) is 13.4. The third-order valence-corrected chi connectivity index (χ3v) is 5.32. The van der Waals surface area contributed by atoms with E-state index in [0.717, 1.165) is 24.1 Å². The Morgan fingerprint density at radius 2 is 1.90 bits per heavy atom. The zero-order valence-corrected chi connectivity index (χ0v) is 17.9. The second-order valence-electron chi connectivity index (χ2n) is 6.54. The third-order valence-electron chi connectivity index (χ3n) is 4.50. The molecule has 0 bridgehead atoms. The molecule has 1 aromatic carbocycles. The van der Waals surface area contributed by atoms with Gasteiger partial charge < -0.3 is 5.32 Å². The molecule has 0 saturated heterocycles. The fourth-order valence-electron chi connectivity index (χ4n) is 3.04. The van der Waals surface area contributed by atoms with Gasteiger partial charge in [0.25, 0.3) is 0 Å². The van der Waals surface area contributed by atoms with Gasteiger partial charge in [-0.25, -0.2) is 9.97 Å². The van der Waals surface area contributed by atoms with Gasteiger partial charge in [-0.2, -0.15) is 5.26 Å². The van der Waals surface area contributed by atoms with E-state index in [4.69, 9.17) is 45.0 Å². The standard InChI is InChI=1S/C21H15Cl3N6/c22-14-4-6-16(17(23)8-14)18-9-20-28-12-19(24)30(20)21(29-18)26-7-1-2-15-5-3-13(10-25)11-27-15/h3-6,8-9,11-12H,1-2,7H2,(H,26,29). The molecule has 3 heterocycles. The van der Waals surface area contributed by atoms with Crippen LogP contribution in [0.2, 0.25) is 15.2 Å². The minimum absolute atomic E-state index is 0.461. The predicted octanol–water partition coefficient (Wildman–Crippen LogP) is 5.67. The molecule has 0 unspecified atom stereocenters. The number of halogens is 3. The van der Waals surface area contributed by atoms with Crippen LogP contribution < -0.4 is 5.32 Å². The van der Waals surface area contributed by atoms with Gasteiger partial charge in [0.15, 0.2) is 0 Å². The van der Waals surface area contributed by atoms with E-state index in [0.29, 0.717) is 44.6 Å². The number of aromatic nitrogens is 4. The number of benzene rings is 1. The molecule has 0 atom stereocenters. The van der Waals surface area contributed by atoms with Gasteiger partial charge in [0.2, 0.25) is 5.95 Å². The third kappa shape index (κ3) is 4.34. The summed E-state index contributed by atoms with van der Waals surface area (Å²) in [5.41, 5.74) is 3.56. The maximum absolute atomic E-state index is 8.86. The molecular formula is C21H15Cl3N6. The molecule has 0 aliphatic carbocycles. The molecule has 150 valence electrons. The first-order valence-electron chi connectivity index (χ1n) is 9.13. The normalized spacial score (nSPS) is 10.9. The number of rotatable bonds is 6. The highest BCUT2D eigenvalue weighted by Gasteiger charge is 2.13. The van der Waals surface area contributed by atoms with Crippen LogP contribution in [0.25, 0.3) is 16.9 Å². The number of imidazole rings is 1. The van der Waals surface area contributed by atoms with Gasteiger partial charge in [0, 0.05) is 35.1 Å². The van der Waals surface area contributed by atoms with Crippen molar-refractivity contribution in [2.75, 3.05) is 11.9 Å². The van der Waals surface area contributed by atoms with Gasteiger partial charge in [-0.1, -0.05) is 34.8 Å². The highest BCUT2D eigenvalue weighted by atomic mass is 35.5. The minimum Gasteiger partial charge on any atom is -0.355 e. The number of aryl methyl sites for hydroxylation is 1. The average Bonchev–Trinajstić information content (AvgIpc) is 3.12. The SMILES string of the molecule is N#Cc1ccc(CCCNc2nc(-c3ccc(Cl)cc3Cl)cc3ncc(Cl)n23)nc1. The molecule has 0 aliphatic rings. The van der Waals surface area contributed by atoms with Crippen molar-refractivity contribution in [2.45, 2.75) is 12.8 Å². The Morgan fingerprint density at radius 3 is 2.63 bits per heavy atom. The van der Waals surface area contributed by atoms with Gasteiger partial charge in [-0.3, -0.25) is 9.38 Å². The minimum atomic E-state index is 0.461. The molecule has 30 heavy (non-hydrogen) atoms. The molecule has 9 heteroatoms. The van der Waals surface area contributed by atoms with E-state index in [1.165, 1.54) is 0 Å². The Morgan fingerprint density at radius 1 is 1.03 bits per heavy atom. The van der Waals surface area contributed by atoms with Crippen LogP contribution in [0.5, 0.6) is 0 Å². The molecular weight excluding hydrogens is 443 g/mol. The molecule has 4 aromatic rings. The molecule has 0 fully saturated rings. The number of anilines is 1. The van der Waals surface area contributed by atoms with Crippen molar-refractivity contribution in [1.82, 2.24) is 19.4 Å². The number of hydrogen-bond donors (Lipinski definition) is 1. The lowest BCUT2D eigenvalue weighted by atomic mass is 10.1. The fraction of sp³-hybridized carbons (Fsp3) is 0.143. The van der Waals surface area contributed by atoms with Gasteiger partial charge in [0.1, 0.15) is 16.9 Å². The van der Waals surface area contributed by atoms with E-state index in [1.807, 2.05) is 18.2 Å². The Labute approximate surface area is 188 Å². The zero-order chi connectivity index (χ0) is 21.1. The van der Waals surface area contributed by atoms with E-state index in [2.05, 4.69) is 21.4 Å². The highest BCUT2D eigenvalue weighted by molar-refractivity contribution is 6.36. The van der Waals surface area contributed by atoms with Crippen molar-refractivity contribution in [3.8, 4) is 17.3 Å². The van der Waals surface area contributed by atoms with Crippen molar-refractivity contribution in [3.63, 3.8) is 0 Å². The first kappa shape index (κ1) is 20.4. The van der Waals surface area contributed by atoms with Gasteiger partial charge in [-0.15, -0.1) is 0 Å². The van der Waals surface area contributed by atoms with Crippen LogP contribution in [0, 0.1) is 11.3 Å². The Kier molecular flexibility index (Phi) is 6.05. The molecule has 3 aromatic heterocycles. The van der Waals surface area contributed by atoms with Gasteiger partial charge in [-0.05, 0) is 43.2 Å². The van der Waals surface area contributed by atoms with E-state index >= 15 is 0 Å². The van der Waals surface area contributed by atoms with Crippen LogP contribution in [-0.2, 0) is 6.42 Å². The van der Waals surface area contributed by atoms with E-state index in [9.17, 15) is 0 Å². The molecule has 0 saturated carbocycles. The second-order valence-corrected chi connectivity index (χ2v) is 7.77. The van der Waals surface area contributed by atoms with E-state index in [-0.39, 0.29) is 0 Å². The predicted molar refractivity (Wildman–Crippen MR) is 119 cm³/mol. The summed E-state index contributed by atoms with van der Waals surface area (Å²) in [7, 11) is 0. The lowest BCUT2D eigenvalue weighted by Crippen LogP contribution is -2.10. The lowest BCUT2D eigenvalue weighted by molar-refractivity contribution is 0.825. The van der Waals surface area contributed by atoms with Crippen LogP contribution in [-0.4, -0.2) is 25.9 Å². The van der Waals surface area contributed by atoms with Crippen molar-refractivity contribution in [1.29, 1.82) is 5.26 Å². The molecule has 0 radical (unpaired) electrons. The maximum Gasteiger partial charge on any atom is 0.210 e. The van der Waals surface area contributed by atoms with Crippen molar-refractivity contribution in [2.24, 2.45) is 0 Å². The molecule has 0 amide bonds. The first-order valence-corrected chi connectivity index (χ1v) is 10.3. The summed E-state index contributed by atoms with van der Waals surface area (Å²) in [5.74, 6) is 0.573. The van der Waals surface area contributed by atoms with Gasteiger partial charge in [0.05, 0.1) is 22.5 Å². The van der Waals surface area contributed by atoms with Crippen LogP contribution in [0.1, 0.15) is 17.7 Å². The molecule has 6 nitrogen and oxygen atoms in total. The summed E-state index contributed by atoms with van der Waals surface area (Å²) < 4.78 is 1.74. The number of nitrogens with zero attached hydrogens (tertiary/aromatic N) is 5. The van der Waals surface area contributed by atoms with Crippen molar-refractivity contribution in [3.05, 3.63) is 75.2 Å². The topological polar surface area (TPSA) is 78.9 Å². The lowest BCUT2D eigenvalue weighted by Gasteiger charge is -2.12. The van der Waals surface area contributed by atoms with Crippen LogP contribution >= 0.6 is 34.8 Å². The summed E-state index contributed by atoms with van der Waals surface area (Å²) in [6.07, 6.45) is 4.75. The summed E-state index contributed by atoms with van der Waals surface area (Å²) in [5, 5.41) is 13.7. The van der Waals surface area contributed by atoms with Gasteiger partial charge >= 0.3 is 0 Å². The van der Waals surface area contributed by atoms with E-state index < -0.39 is 0 Å². The van der Waals surface area contributed by atoms with Crippen LogP contribution in [0.15, 0.2) is 48.8 Å². The monoisotopic (exact) mass is 456 g/mol. The van der Waals surface area contributed by atoms with E-state index in [1.54, 1.807) is 35.0 Å². The number of pyridine rings is 1. The van der Waals surface area contributed by atoms with Crippen LogP contribution in [0.4, 0.5) is 5.95 Å². The van der Waals surface area contributed by atoms with Crippen LogP contribution in [0.3, 0.4) is 0 Å². The average molecular weight is 458 g/mol. The number of fused-ring (bicyclic) bond motifs is 1. The molecule has 0 aliphatic heterocycles. The zero-order valence-electron chi connectivity index (χ0n) is 15.6. The quantitative estimate of drug-likeness (QED) is 0.377. The Balaban J connectivity index is 1.55. The Hall–Kier alpha value is -2.85. The smallest absolute Gasteiger partial charge is 0.210 e. The molecule has 1 N–H and O–H groups in total. The maximum atomic E-state index is 8.86. The van der Waals surface area contributed by atoms with Crippen molar-refractivity contribution >= 4 is 46.4 Å². The summed E-state index contributed by atoms with van der Waals surface area (Å²) in [6.45, 7) is 0.649. The summed E-state index contributed by atoms with van der Waals surface area (Å²) >= 11 is 18.7. The number of hydrogen-bond acceptors (Lipinski definition) is 5. The summed E-state index contributed by atoms with van der Waals surface area (Å²) in [6, 6.07) is 12.8. The first-order chi connectivity index (χ1) is 14.5. The largest absolute Gasteiger partial charge is 0.355 e. The number of nitrogens with one attached hydrogen (secondary N) is 1. The van der Waals surface area contributed by atoms with Crippen molar-refractivity contribution < 1.29 is 0 Å². The fourth-order valence-corrected chi connectivity index (χ4v) is 3.76. The molecule has 0 spiro atoms. The highest BCUT2D eigenvalue weighted by Crippen LogP contribution is 2.31. The number of nitriles is 1.